The van der Waals surface area contributed by atoms with Gasteiger partial charge >= 0.3 is 5.97 Å². The lowest BCUT2D eigenvalue weighted by molar-refractivity contribution is -0.145. The zero-order valence-electron chi connectivity index (χ0n) is 16.4. The van der Waals surface area contributed by atoms with Gasteiger partial charge in [-0.25, -0.2) is 0 Å². The van der Waals surface area contributed by atoms with Crippen molar-refractivity contribution in [2.45, 2.75) is 57.8 Å². The number of primary amides is 1. The Morgan fingerprint density at radius 2 is 1.82 bits per heavy atom. The topological polar surface area (TPSA) is 92.4 Å². The second-order valence-corrected chi connectivity index (χ2v) is 8.28. The van der Waals surface area contributed by atoms with E-state index in [2.05, 4.69) is 17.4 Å². The maximum absolute atomic E-state index is 11.8. The average Bonchev–Trinajstić information content (AvgIpc) is 2.69. The van der Waals surface area contributed by atoms with Crippen LogP contribution in [0.1, 0.15) is 56.9 Å². The Morgan fingerprint density at radius 3 is 2.43 bits per heavy atom. The molecule has 6 heteroatoms. The molecule has 1 aromatic carbocycles. The van der Waals surface area contributed by atoms with Gasteiger partial charge in [0.2, 0.25) is 5.91 Å². The molecule has 1 aliphatic carbocycles. The fraction of sp³-hybridized carbons (Fsp3) is 0.591. The van der Waals surface area contributed by atoms with Crippen LogP contribution < -0.4 is 11.1 Å². The number of nitrogens with one attached hydrogen (secondary N) is 1. The number of amides is 1. The zero-order valence-corrected chi connectivity index (χ0v) is 17.3. The molecule has 28 heavy (non-hydrogen) atoms. The Balaban J connectivity index is 1.95. The van der Waals surface area contributed by atoms with E-state index in [1.165, 1.54) is 24.8 Å². The Morgan fingerprint density at radius 1 is 1.14 bits per heavy atom. The third-order valence-electron chi connectivity index (χ3n) is 5.66. The monoisotopic (exact) mass is 404 g/mol. The number of carboxylic acid groups (broad SMARTS) is 1. The summed E-state index contributed by atoms with van der Waals surface area (Å²) in [7, 11) is 0. The first-order valence-corrected chi connectivity index (χ1v) is 10.7. The quantitative estimate of drug-likeness (QED) is 0.386. The first-order chi connectivity index (χ1) is 13.5. The molecule has 2 unspecified atom stereocenters. The number of rotatable bonds is 11. The molecular weight excluding hydrogens is 372 g/mol. The van der Waals surface area contributed by atoms with E-state index in [4.69, 9.17) is 18.0 Å². The number of thiocarbonyl (C=S) groups is 1. The average molecular weight is 405 g/mol. The van der Waals surface area contributed by atoms with Crippen LogP contribution in [0.15, 0.2) is 30.3 Å². The van der Waals surface area contributed by atoms with E-state index in [1.54, 1.807) is 0 Å². The minimum absolute atomic E-state index is 0.168. The number of benzene rings is 1. The predicted octanol–water partition coefficient (Wildman–Crippen LogP) is 3.70. The molecule has 2 rings (SSSR count). The van der Waals surface area contributed by atoms with E-state index in [0.717, 1.165) is 32.1 Å². The minimum atomic E-state index is -0.993. The van der Waals surface area contributed by atoms with E-state index < -0.39 is 17.8 Å². The van der Waals surface area contributed by atoms with Crippen molar-refractivity contribution in [2.75, 3.05) is 6.54 Å². The van der Waals surface area contributed by atoms with Crippen LogP contribution >= 0.6 is 12.2 Å². The molecule has 2 atom stereocenters. The number of hydrogen-bond acceptors (Lipinski definition) is 3. The molecule has 1 amide bonds. The lowest BCUT2D eigenvalue weighted by atomic mass is 9.77. The Hall–Kier alpha value is -1.95. The zero-order chi connectivity index (χ0) is 20.4. The molecule has 0 heterocycles. The van der Waals surface area contributed by atoms with Crippen LogP contribution in [-0.4, -0.2) is 28.5 Å². The predicted molar refractivity (Wildman–Crippen MR) is 115 cm³/mol. The summed E-state index contributed by atoms with van der Waals surface area (Å²) in [6.07, 6.45) is 8.22. The maximum Gasteiger partial charge on any atom is 0.307 e. The summed E-state index contributed by atoms with van der Waals surface area (Å²) in [5, 5.41) is 13.0. The molecule has 0 bridgehead atoms. The standard InChI is InChI=1S/C22H32N2O3S/c23-20(25)15-19(22(26)27)18(14-17-10-5-2-6-11-17)21(28)24-13-7-12-16-8-3-1-4-9-16/h1,3-4,8-9,17-19H,2,5-7,10-15H2,(H2,23,25)(H,24,28)(H,26,27). The first-order valence-electron chi connectivity index (χ1n) is 10.3. The van der Waals surface area contributed by atoms with Crippen LogP contribution in [0.25, 0.3) is 0 Å². The molecule has 0 aliphatic heterocycles. The highest BCUT2D eigenvalue weighted by Crippen LogP contribution is 2.33. The van der Waals surface area contributed by atoms with Crippen molar-refractivity contribution in [3.8, 4) is 0 Å². The fourth-order valence-corrected chi connectivity index (χ4v) is 4.50. The van der Waals surface area contributed by atoms with E-state index in [9.17, 15) is 14.7 Å². The molecule has 154 valence electrons. The van der Waals surface area contributed by atoms with Crippen LogP contribution in [0.4, 0.5) is 0 Å². The Labute approximate surface area is 173 Å². The van der Waals surface area contributed by atoms with Crippen LogP contribution in [0.5, 0.6) is 0 Å². The van der Waals surface area contributed by atoms with Gasteiger partial charge in [-0.2, -0.15) is 0 Å². The smallest absolute Gasteiger partial charge is 0.307 e. The fourth-order valence-electron chi connectivity index (χ4n) is 4.13. The normalized spacial score (nSPS) is 16.9. The second kappa shape index (κ2) is 11.8. The number of aliphatic carboxylic acids is 1. The number of carboxylic acids is 1. The van der Waals surface area contributed by atoms with Gasteiger partial charge in [0, 0.05) is 18.9 Å². The third kappa shape index (κ3) is 7.58. The van der Waals surface area contributed by atoms with Crippen LogP contribution in [0.3, 0.4) is 0 Å². The highest BCUT2D eigenvalue weighted by molar-refractivity contribution is 7.80. The lowest BCUT2D eigenvalue weighted by Gasteiger charge is -2.30. The van der Waals surface area contributed by atoms with Gasteiger partial charge in [0.1, 0.15) is 0 Å². The van der Waals surface area contributed by atoms with Crippen molar-refractivity contribution < 1.29 is 14.7 Å². The maximum atomic E-state index is 11.8. The van der Waals surface area contributed by atoms with Gasteiger partial charge in [0.05, 0.1) is 10.9 Å². The number of carbonyl (C=O) groups is 2. The van der Waals surface area contributed by atoms with Crippen LogP contribution in [0, 0.1) is 17.8 Å². The van der Waals surface area contributed by atoms with Crippen molar-refractivity contribution in [3.05, 3.63) is 35.9 Å². The number of hydrogen-bond donors (Lipinski definition) is 3. The molecule has 1 aromatic rings. The molecule has 4 N–H and O–H groups in total. The first kappa shape index (κ1) is 22.3. The molecule has 5 nitrogen and oxygen atoms in total. The van der Waals surface area contributed by atoms with Crippen LogP contribution in [0.2, 0.25) is 0 Å². The van der Waals surface area contributed by atoms with E-state index in [1.807, 2.05) is 18.2 Å². The number of nitrogens with two attached hydrogens (primary N) is 1. The summed E-state index contributed by atoms with van der Waals surface area (Å²) in [6, 6.07) is 10.2. The SMILES string of the molecule is NC(=O)CC(C(=O)O)C(CC1CCCCC1)C(=S)NCCCc1ccccc1. The summed E-state index contributed by atoms with van der Waals surface area (Å²) in [6.45, 7) is 0.692. The summed E-state index contributed by atoms with van der Waals surface area (Å²) in [4.78, 5) is 23.9. The molecule has 0 spiro atoms. The van der Waals surface area contributed by atoms with Crippen molar-refractivity contribution in [2.24, 2.45) is 23.5 Å². The highest BCUT2D eigenvalue weighted by Gasteiger charge is 2.34. The van der Waals surface area contributed by atoms with E-state index in [0.29, 0.717) is 17.5 Å². The van der Waals surface area contributed by atoms with Gasteiger partial charge in [-0.1, -0.05) is 74.7 Å². The molecule has 0 aromatic heterocycles. The summed E-state index contributed by atoms with van der Waals surface area (Å²) < 4.78 is 0. The molecule has 1 aliphatic rings. The molecular formula is C22H32N2O3S. The van der Waals surface area contributed by atoms with Gasteiger partial charge in [-0.15, -0.1) is 0 Å². The third-order valence-corrected chi connectivity index (χ3v) is 6.10. The summed E-state index contributed by atoms with van der Waals surface area (Å²) >= 11 is 5.60. The molecule has 0 radical (unpaired) electrons. The van der Waals surface area contributed by atoms with Gasteiger partial charge < -0.3 is 16.2 Å². The van der Waals surface area contributed by atoms with Gasteiger partial charge in [-0.3, -0.25) is 9.59 Å². The summed E-state index contributed by atoms with van der Waals surface area (Å²) in [5.74, 6) is -2.31. The van der Waals surface area contributed by atoms with Crippen LogP contribution in [-0.2, 0) is 16.0 Å². The summed E-state index contributed by atoms with van der Waals surface area (Å²) in [5.41, 5.74) is 6.59. The molecule has 1 saturated carbocycles. The van der Waals surface area contributed by atoms with Gasteiger partial charge in [0.25, 0.3) is 0 Å². The minimum Gasteiger partial charge on any atom is -0.481 e. The number of aryl methyl sites for hydroxylation is 1. The van der Waals surface area contributed by atoms with Crippen molar-refractivity contribution >= 4 is 29.1 Å². The van der Waals surface area contributed by atoms with Crippen molar-refractivity contribution in [1.29, 1.82) is 0 Å². The lowest BCUT2D eigenvalue weighted by Crippen LogP contribution is -2.40. The number of carbonyl (C=O) groups excluding carboxylic acids is 1. The van der Waals surface area contributed by atoms with E-state index >= 15 is 0 Å². The molecule has 0 saturated heterocycles. The van der Waals surface area contributed by atoms with Crippen molar-refractivity contribution in [1.82, 2.24) is 5.32 Å². The highest BCUT2D eigenvalue weighted by atomic mass is 32.1. The molecule has 1 fully saturated rings. The Kier molecular flexibility index (Phi) is 9.41. The second-order valence-electron chi connectivity index (χ2n) is 7.84. The van der Waals surface area contributed by atoms with Gasteiger partial charge in [-0.05, 0) is 30.7 Å². The largest absolute Gasteiger partial charge is 0.481 e. The van der Waals surface area contributed by atoms with E-state index in [-0.39, 0.29) is 12.3 Å². The van der Waals surface area contributed by atoms with Gasteiger partial charge in [0.15, 0.2) is 0 Å². The Bertz CT molecular complexity index is 644. The van der Waals surface area contributed by atoms with Crippen molar-refractivity contribution in [3.63, 3.8) is 0 Å².